The van der Waals surface area contributed by atoms with Crippen LogP contribution in [0.4, 0.5) is 0 Å². The summed E-state index contributed by atoms with van der Waals surface area (Å²) in [6.07, 6.45) is 12.2. The molecule has 3 aromatic heterocycles. The number of carbonyl (C=O) groups is 3. The molecule has 1 spiro atoms. The van der Waals surface area contributed by atoms with Crippen molar-refractivity contribution < 1.29 is 42.8 Å². The van der Waals surface area contributed by atoms with Crippen LogP contribution in [0.15, 0.2) is 35.8 Å². The van der Waals surface area contributed by atoms with Gasteiger partial charge >= 0.3 is 5.97 Å². The zero-order valence-electron chi connectivity index (χ0n) is 46.6. The maximum Gasteiger partial charge on any atom is 0.324 e. The summed E-state index contributed by atoms with van der Waals surface area (Å²) in [7, 11) is 1.76. The standard InChI is InChI=1S/C60H80N8O9S/c1-36(72-6)49-44(27-40(29-61-49)38-13-19-65(20-14-38)41-10-11-41)51-45-28-57(3,4)35-75-55(70)46-8-7-18-68(64-46)54(69)50(63-56(71)60-31-58(5,32-60)37(2)77-60)52(66-33-59(34-66)17-24-76-59)53-62-47(30-78-53)39-9-12-48(43(45)26-39)67(51)21-25-74-42-15-22-73-23-16-42/h9,12,26-27,29-30,36-38,41-42,46,50,52,64H,7-8,10-11,13-25,28,31-35H2,1-6H3,(H,63,71)/t36-,37+,46-,50-,52-,58?,60?/m0/s1. The van der Waals surface area contributed by atoms with E-state index in [1.807, 2.05) is 6.92 Å². The van der Waals surface area contributed by atoms with E-state index in [1.54, 1.807) is 12.1 Å². The molecule has 11 heterocycles. The quantitative estimate of drug-likeness (QED) is 0.133. The molecule has 7 saturated heterocycles. The number of ether oxygens (including phenoxy) is 6. The molecule has 17 nitrogen and oxygen atoms in total. The third-order valence-electron chi connectivity index (χ3n) is 19.5. The van der Waals surface area contributed by atoms with Crippen molar-refractivity contribution in [3.8, 4) is 22.5 Å². The topological polar surface area (TPSA) is 171 Å². The number of pyridine rings is 1. The number of benzene rings is 1. The molecule has 2 saturated carbocycles. The van der Waals surface area contributed by atoms with Crippen molar-refractivity contribution in [3.05, 3.63) is 57.7 Å². The van der Waals surface area contributed by atoms with Crippen LogP contribution < -0.4 is 10.7 Å². The zero-order chi connectivity index (χ0) is 53.7. The number of hydrogen-bond donors (Lipinski definition) is 2. The molecule has 18 heteroatoms. The largest absolute Gasteiger partial charge is 0.464 e. The molecule has 8 bridgehead atoms. The van der Waals surface area contributed by atoms with E-state index in [-0.39, 0.29) is 47.7 Å². The first kappa shape index (κ1) is 53.0. The number of carbonyl (C=O) groups excluding carboxylic acids is 3. The summed E-state index contributed by atoms with van der Waals surface area (Å²) in [5, 5.41) is 8.74. The zero-order valence-corrected chi connectivity index (χ0v) is 47.4. The summed E-state index contributed by atoms with van der Waals surface area (Å²) in [6.45, 7) is 17.8. The molecule has 0 unspecified atom stereocenters. The number of hydrazine groups is 1. The fourth-order valence-electron chi connectivity index (χ4n) is 14.5. The van der Waals surface area contributed by atoms with Crippen LogP contribution in [0.2, 0.25) is 0 Å². The summed E-state index contributed by atoms with van der Waals surface area (Å²) in [6, 6.07) is 7.39. The Morgan fingerprint density at radius 1 is 0.987 bits per heavy atom. The number of methoxy groups -OCH3 is 1. The number of esters is 1. The third-order valence-corrected chi connectivity index (χ3v) is 20.4. The van der Waals surface area contributed by atoms with E-state index in [1.165, 1.54) is 29.7 Å². The highest BCUT2D eigenvalue weighted by Gasteiger charge is 2.68. The van der Waals surface area contributed by atoms with Crippen LogP contribution in [0.5, 0.6) is 0 Å². The summed E-state index contributed by atoms with van der Waals surface area (Å²) in [5.74, 6) is -0.630. The first-order valence-electron chi connectivity index (χ1n) is 29.3. The average molecular weight is 1090 g/mol. The molecule has 9 fully saturated rings. The minimum Gasteiger partial charge on any atom is -0.464 e. The first-order chi connectivity index (χ1) is 37.6. The molecule has 420 valence electrons. The number of nitrogens with one attached hydrogen (secondary N) is 2. The van der Waals surface area contributed by atoms with Gasteiger partial charge in [-0.05, 0) is 133 Å². The molecule has 4 aromatic rings. The van der Waals surface area contributed by atoms with E-state index in [2.05, 4.69) is 88.6 Å². The van der Waals surface area contributed by atoms with Gasteiger partial charge in [-0.15, -0.1) is 11.3 Å². The monoisotopic (exact) mass is 1090 g/mol. The molecule has 0 radical (unpaired) electrons. The fraction of sp³-hybridized carbons (Fsp3) is 0.683. The highest BCUT2D eigenvalue weighted by Crippen LogP contribution is 2.61. The van der Waals surface area contributed by atoms with Gasteiger partial charge in [-0.3, -0.25) is 29.3 Å². The molecule has 10 aliphatic rings. The van der Waals surface area contributed by atoms with Gasteiger partial charge in [0.1, 0.15) is 22.7 Å². The highest BCUT2D eigenvalue weighted by atomic mass is 32.1. The van der Waals surface area contributed by atoms with Crippen molar-refractivity contribution in [1.82, 2.24) is 40.1 Å². The third kappa shape index (κ3) is 9.73. The Morgan fingerprint density at radius 2 is 1.77 bits per heavy atom. The number of amides is 2. The van der Waals surface area contributed by atoms with Gasteiger partial charge in [0.2, 0.25) is 0 Å². The average Bonchev–Trinajstić information content (AvgIpc) is 4.03. The van der Waals surface area contributed by atoms with E-state index in [0.717, 1.165) is 101 Å². The molecular formula is C60H80N8O9S. The Morgan fingerprint density at radius 3 is 2.47 bits per heavy atom. The molecule has 5 atom stereocenters. The van der Waals surface area contributed by atoms with Gasteiger partial charge in [-0.1, -0.05) is 26.8 Å². The molecule has 14 rings (SSSR count). The first-order valence-corrected chi connectivity index (χ1v) is 30.2. The van der Waals surface area contributed by atoms with Crippen molar-refractivity contribution in [3.63, 3.8) is 0 Å². The Bertz CT molecular complexity index is 2920. The second kappa shape index (κ2) is 20.6. The van der Waals surface area contributed by atoms with E-state index in [0.29, 0.717) is 90.6 Å². The number of cyclic esters (lactones) is 1. The fourth-order valence-corrected chi connectivity index (χ4v) is 15.5. The van der Waals surface area contributed by atoms with Gasteiger partial charge in [-0.2, -0.15) is 0 Å². The SMILES string of the molecule is CO[C@@H](C)c1ncc(C2CCN(C3CC3)CC2)cc1-c1c2c3cc(ccc3n1CCOC1CCOCC1)-c1csc(n1)[C@@H](N1CC3(CCO3)C1)[C@H](NC(=O)C13CC(C)(C1)[C@@H](C)O3)C(=O)N1CCC[C@H](N1)C(=O)OCC(C)(C)C2. The van der Waals surface area contributed by atoms with Gasteiger partial charge in [-0.25, -0.2) is 10.4 Å². The lowest BCUT2D eigenvalue weighted by Crippen LogP contribution is -2.72. The van der Waals surface area contributed by atoms with Crippen molar-refractivity contribution in [2.24, 2.45) is 10.8 Å². The normalized spacial score (nSPS) is 31.1. The number of thiazole rings is 1. The lowest BCUT2D eigenvalue weighted by Gasteiger charge is -2.58. The van der Waals surface area contributed by atoms with Crippen molar-refractivity contribution in [2.75, 3.05) is 72.9 Å². The second-order valence-corrected chi connectivity index (χ2v) is 26.6. The van der Waals surface area contributed by atoms with Gasteiger partial charge in [0.15, 0.2) is 0 Å². The van der Waals surface area contributed by atoms with Crippen molar-refractivity contribution in [2.45, 2.75) is 178 Å². The summed E-state index contributed by atoms with van der Waals surface area (Å²) in [5.41, 5.74) is 9.58. The van der Waals surface area contributed by atoms with Crippen LogP contribution in [0, 0.1) is 10.8 Å². The van der Waals surface area contributed by atoms with E-state index in [9.17, 15) is 9.59 Å². The smallest absolute Gasteiger partial charge is 0.324 e. The Hall–Kier alpha value is -4.37. The number of likely N-dealkylation sites (tertiary alicyclic amines) is 2. The maximum atomic E-state index is 15.4. The Balaban J connectivity index is 0.948. The number of rotatable bonds is 12. The summed E-state index contributed by atoms with van der Waals surface area (Å²) in [4.78, 5) is 60.4. The predicted octanol–water partition coefficient (Wildman–Crippen LogP) is 7.65. The number of nitrogens with zero attached hydrogens (tertiary/aromatic N) is 6. The van der Waals surface area contributed by atoms with Gasteiger partial charge in [0.25, 0.3) is 11.8 Å². The lowest BCUT2D eigenvalue weighted by atomic mass is 9.61. The second-order valence-electron chi connectivity index (χ2n) is 25.7. The molecular weight excluding hydrogens is 1010 g/mol. The molecule has 2 N–H and O–H groups in total. The summed E-state index contributed by atoms with van der Waals surface area (Å²) >= 11 is 1.51. The van der Waals surface area contributed by atoms with Crippen LogP contribution in [-0.4, -0.2) is 162 Å². The van der Waals surface area contributed by atoms with E-state index >= 15 is 4.79 Å². The van der Waals surface area contributed by atoms with Gasteiger partial charge < -0.3 is 43.2 Å². The molecule has 8 aliphatic heterocycles. The lowest BCUT2D eigenvalue weighted by molar-refractivity contribution is -0.232. The highest BCUT2D eigenvalue weighted by molar-refractivity contribution is 7.10. The van der Waals surface area contributed by atoms with E-state index in [4.69, 9.17) is 38.4 Å². The maximum absolute atomic E-state index is 15.4. The molecule has 2 aliphatic carbocycles. The summed E-state index contributed by atoms with van der Waals surface area (Å²) < 4.78 is 40.0. The van der Waals surface area contributed by atoms with Crippen LogP contribution in [-0.2, 0) is 55.8 Å². The van der Waals surface area contributed by atoms with Gasteiger partial charge in [0.05, 0.1) is 66.9 Å². The minimum atomic E-state index is -1.05. The molecule has 2 amide bonds. The minimum absolute atomic E-state index is 0.0815. The van der Waals surface area contributed by atoms with Crippen LogP contribution in [0.1, 0.15) is 145 Å². The van der Waals surface area contributed by atoms with Crippen molar-refractivity contribution in [1.29, 1.82) is 0 Å². The van der Waals surface area contributed by atoms with Crippen LogP contribution in [0.3, 0.4) is 0 Å². The number of hydrogen-bond acceptors (Lipinski definition) is 15. The number of piperidine rings is 1. The Labute approximate surface area is 462 Å². The van der Waals surface area contributed by atoms with Crippen LogP contribution >= 0.6 is 11.3 Å². The molecule has 78 heavy (non-hydrogen) atoms. The van der Waals surface area contributed by atoms with Crippen LogP contribution in [0.25, 0.3) is 33.4 Å². The predicted molar refractivity (Wildman–Crippen MR) is 295 cm³/mol. The Kier molecular flexibility index (Phi) is 14.0. The van der Waals surface area contributed by atoms with E-state index < -0.39 is 35.1 Å². The number of fused-ring (bicyclic) bond motifs is 7. The number of aromatic nitrogens is 3. The van der Waals surface area contributed by atoms with Gasteiger partial charge in [0, 0.05) is 103 Å². The molecule has 1 aromatic carbocycles. The van der Waals surface area contributed by atoms with Crippen molar-refractivity contribution >= 4 is 40.0 Å².